The normalized spacial score (nSPS) is 12.0. The number of aliphatic hydroxyl groups is 1. The van der Waals surface area contributed by atoms with E-state index in [1.807, 2.05) is 0 Å². The summed E-state index contributed by atoms with van der Waals surface area (Å²) in [5.41, 5.74) is -0.671. The highest BCUT2D eigenvalue weighted by Gasteiger charge is 2.14. The molecule has 1 heterocycles. The van der Waals surface area contributed by atoms with Crippen LogP contribution in [0.15, 0.2) is 6.20 Å². The summed E-state index contributed by atoms with van der Waals surface area (Å²) in [6.07, 6.45) is 2.31. The zero-order valence-corrected chi connectivity index (χ0v) is 8.04. The van der Waals surface area contributed by atoms with E-state index >= 15 is 0 Å². The van der Waals surface area contributed by atoms with Gasteiger partial charge in [0.2, 0.25) is 0 Å². The number of thiazole rings is 1. The zero-order chi connectivity index (χ0) is 8.48. The van der Waals surface area contributed by atoms with Crippen molar-refractivity contribution in [2.75, 3.05) is 0 Å². The Hall–Kier alpha value is -0.120. The predicted molar refractivity (Wildman–Crippen MR) is 47.1 cm³/mol. The third-order valence-corrected chi connectivity index (χ3v) is 2.25. The maximum absolute atomic E-state index is 9.42. The summed E-state index contributed by atoms with van der Waals surface area (Å²) >= 11 is 7.02. The van der Waals surface area contributed by atoms with Crippen LogP contribution < -0.4 is 0 Å². The van der Waals surface area contributed by atoms with Gasteiger partial charge in [-0.1, -0.05) is 11.6 Å². The van der Waals surface area contributed by atoms with E-state index in [2.05, 4.69) is 4.98 Å². The topological polar surface area (TPSA) is 33.1 Å². The summed E-state index contributed by atoms with van der Waals surface area (Å²) in [7, 11) is 0. The molecule has 11 heavy (non-hydrogen) atoms. The van der Waals surface area contributed by atoms with Crippen molar-refractivity contribution in [2.24, 2.45) is 0 Å². The fourth-order valence-electron chi connectivity index (χ4n) is 0.792. The lowest BCUT2D eigenvalue weighted by atomic mass is 10.1. The van der Waals surface area contributed by atoms with Crippen LogP contribution in [0.5, 0.6) is 0 Å². The van der Waals surface area contributed by atoms with Gasteiger partial charge in [0, 0.05) is 17.5 Å². The molecule has 0 radical (unpaired) electrons. The first-order valence-corrected chi connectivity index (χ1v) is 4.49. The highest BCUT2D eigenvalue weighted by molar-refractivity contribution is 7.15. The van der Waals surface area contributed by atoms with Crippen LogP contribution in [0.4, 0.5) is 0 Å². The van der Waals surface area contributed by atoms with Crippen molar-refractivity contribution in [3.05, 3.63) is 15.5 Å². The molecule has 62 valence electrons. The van der Waals surface area contributed by atoms with Gasteiger partial charge in [0.1, 0.15) is 0 Å². The Morgan fingerprint density at radius 1 is 1.73 bits per heavy atom. The molecule has 2 nitrogen and oxygen atoms in total. The van der Waals surface area contributed by atoms with Gasteiger partial charge < -0.3 is 5.11 Å². The molecule has 0 aliphatic heterocycles. The molecular formula is C7H10ClNOS. The predicted octanol–water partition coefficient (Wildman–Crippen LogP) is 2.11. The van der Waals surface area contributed by atoms with Crippen molar-refractivity contribution in [3.63, 3.8) is 0 Å². The van der Waals surface area contributed by atoms with Crippen molar-refractivity contribution < 1.29 is 5.11 Å². The molecule has 0 atom stereocenters. The van der Waals surface area contributed by atoms with Crippen molar-refractivity contribution in [1.82, 2.24) is 4.98 Å². The molecule has 1 rings (SSSR count). The van der Waals surface area contributed by atoms with Gasteiger partial charge in [-0.25, -0.2) is 4.98 Å². The van der Waals surface area contributed by atoms with E-state index in [-0.39, 0.29) is 0 Å². The smallest absolute Gasteiger partial charge is 0.183 e. The van der Waals surface area contributed by atoms with E-state index in [0.29, 0.717) is 10.9 Å². The Morgan fingerprint density at radius 3 is 2.73 bits per heavy atom. The molecule has 0 spiro atoms. The number of halogens is 1. The van der Waals surface area contributed by atoms with E-state index in [1.165, 1.54) is 11.3 Å². The molecule has 1 N–H and O–H groups in total. The van der Waals surface area contributed by atoms with Gasteiger partial charge in [-0.2, -0.15) is 0 Å². The van der Waals surface area contributed by atoms with Crippen LogP contribution in [-0.4, -0.2) is 15.7 Å². The molecule has 0 saturated carbocycles. The summed E-state index contributed by atoms with van der Waals surface area (Å²) in [6.45, 7) is 3.53. The van der Waals surface area contributed by atoms with Gasteiger partial charge in [-0.15, -0.1) is 11.3 Å². The Balaban J connectivity index is 2.65. The van der Waals surface area contributed by atoms with E-state index in [9.17, 15) is 5.11 Å². The minimum atomic E-state index is -0.671. The first-order valence-electron chi connectivity index (χ1n) is 3.30. The highest BCUT2D eigenvalue weighted by Crippen LogP contribution is 2.21. The molecular weight excluding hydrogens is 182 g/mol. The zero-order valence-electron chi connectivity index (χ0n) is 6.47. The van der Waals surface area contributed by atoms with Gasteiger partial charge in [0.15, 0.2) is 4.47 Å². The van der Waals surface area contributed by atoms with Crippen molar-refractivity contribution in [1.29, 1.82) is 0 Å². The minimum absolute atomic E-state index is 0.532. The van der Waals surface area contributed by atoms with E-state index < -0.39 is 5.60 Å². The molecule has 0 saturated heterocycles. The lowest BCUT2D eigenvalue weighted by molar-refractivity contribution is 0.0818. The maximum atomic E-state index is 9.42. The lowest BCUT2D eigenvalue weighted by Crippen LogP contribution is -2.21. The number of hydrogen-bond acceptors (Lipinski definition) is 3. The van der Waals surface area contributed by atoms with Crippen LogP contribution in [0.3, 0.4) is 0 Å². The van der Waals surface area contributed by atoms with Crippen molar-refractivity contribution >= 4 is 22.9 Å². The van der Waals surface area contributed by atoms with Crippen LogP contribution in [0.1, 0.15) is 18.7 Å². The van der Waals surface area contributed by atoms with Crippen molar-refractivity contribution in [2.45, 2.75) is 25.9 Å². The molecule has 1 aromatic rings. The summed E-state index contributed by atoms with van der Waals surface area (Å²) in [4.78, 5) is 4.89. The third kappa shape index (κ3) is 3.18. The SMILES string of the molecule is CC(C)(O)Cc1cnc(Cl)s1. The average Bonchev–Trinajstić information content (AvgIpc) is 2.10. The van der Waals surface area contributed by atoms with E-state index in [0.717, 1.165) is 4.88 Å². The molecule has 4 heteroatoms. The number of nitrogens with zero attached hydrogens (tertiary/aromatic N) is 1. The minimum Gasteiger partial charge on any atom is -0.390 e. The van der Waals surface area contributed by atoms with Crippen LogP contribution in [0.25, 0.3) is 0 Å². The molecule has 0 unspecified atom stereocenters. The molecule has 0 fully saturated rings. The maximum Gasteiger partial charge on any atom is 0.183 e. The Labute approximate surface area is 74.8 Å². The number of rotatable bonds is 2. The summed E-state index contributed by atoms with van der Waals surface area (Å²) in [5.74, 6) is 0. The third-order valence-electron chi connectivity index (χ3n) is 1.13. The second-order valence-electron chi connectivity index (χ2n) is 3.07. The Morgan fingerprint density at radius 2 is 2.36 bits per heavy atom. The van der Waals surface area contributed by atoms with Gasteiger partial charge in [-0.05, 0) is 13.8 Å². The first-order chi connectivity index (χ1) is 4.97. The van der Waals surface area contributed by atoms with Crippen LogP contribution in [0.2, 0.25) is 4.47 Å². The van der Waals surface area contributed by atoms with Crippen LogP contribution in [0, 0.1) is 0 Å². The van der Waals surface area contributed by atoms with Gasteiger partial charge in [-0.3, -0.25) is 0 Å². The van der Waals surface area contributed by atoms with E-state index in [4.69, 9.17) is 11.6 Å². The summed E-state index contributed by atoms with van der Waals surface area (Å²) < 4.78 is 0.532. The number of hydrogen-bond donors (Lipinski definition) is 1. The molecule has 0 bridgehead atoms. The summed E-state index contributed by atoms with van der Waals surface area (Å²) in [5, 5.41) is 9.42. The van der Waals surface area contributed by atoms with Gasteiger partial charge >= 0.3 is 0 Å². The van der Waals surface area contributed by atoms with Crippen LogP contribution >= 0.6 is 22.9 Å². The first kappa shape index (κ1) is 8.97. The molecule has 0 aliphatic rings. The van der Waals surface area contributed by atoms with Crippen LogP contribution in [-0.2, 0) is 6.42 Å². The molecule has 0 amide bonds. The molecule has 1 aromatic heterocycles. The summed E-state index contributed by atoms with van der Waals surface area (Å²) in [6, 6.07) is 0. The monoisotopic (exact) mass is 191 g/mol. The average molecular weight is 192 g/mol. The fourth-order valence-corrected chi connectivity index (χ4v) is 1.99. The highest BCUT2D eigenvalue weighted by atomic mass is 35.5. The molecule has 0 aliphatic carbocycles. The second kappa shape index (κ2) is 3.09. The Bertz CT molecular complexity index is 241. The lowest BCUT2D eigenvalue weighted by Gasteiger charge is -2.14. The second-order valence-corrected chi connectivity index (χ2v) is 4.77. The van der Waals surface area contributed by atoms with Gasteiger partial charge in [0.25, 0.3) is 0 Å². The molecule has 0 aromatic carbocycles. The standard InChI is InChI=1S/C7H10ClNOS/c1-7(2,10)3-5-4-9-6(8)11-5/h4,10H,3H2,1-2H3. The largest absolute Gasteiger partial charge is 0.390 e. The van der Waals surface area contributed by atoms with Gasteiger partial charge in [0.05, 0.1) is 5.60 Å². The quantitative estimate of drug-likeness (QED) is 0.777. The number of aromatic nitrogens is 1. The Kier molecular flexibility index (Phi) is 2.52. The van der Waals surface area contributed by atoms with E-state index in [1.54, 1.807) is 20.0 Å². The van der Waals surface area contributed by atoms with Crippen molar-refractivity contribution in [3.8, 4) is 0 Å². The fraction of sp³-hybridized carbons (Fsp3) is 0.571.